The van der Waals surface area contributed by atoms with Gasteiger partial charge in [0.05, 0.1) is 112 Å². The van der Waals surface area contributed by atoms with E-state index in [9.17, 15) is 40.6 Å². The van der Waals surface area contributed by atoms with Crippen molar-refractivity contribution < 1.29 is 87.4 Å². The van der Waals surface area contributed by atoms with E-state index >= 15 is 0 Å². The summed E-state index contributed by atoms with van der Waals surface area (Å²) in [6.45, 7) is 15.5. The van der Waals surface area contributed by atoms with Gasteiger partial charge in [-0.3, -0.25) is 23.1 Å². The maximum absolute atomic E-state index is 12.7. The molecule has 0 aliphatic carbocycles. The molecule has 0 bridgehead atoms. The second kappa shape index (κ2) is 36.6. The lowest BCUT2D eigenvalue weighted by molar-refractivity contribution is -0.0243. The molecule has 420 valence electrons. The van der Waals surface area contributed by atoms with Gasteiger partial charge in [0, 0.05) is 47.4 Å². The Hall–Kier alpha value is -5.34. The molecule has 0 saturated heterocycles. The zero-order chi connectivity index (χ0) is 55.6. The molecule has 0 saturated carbocycles. The molecule has 0 aromatic heterocycles. The lowest BCUT2D eigenvalue weighted by atomic mass is 9.98. The molecule has 4 rings (SSSR count). The minimum Gasteiger partial charge on any atom is -0.460 e. The maximum Gasteiger partial charge on any atom is 0.338 e. The van der Waals surface area contributed by atoms with E-state index in [0.717, 1.165) is 20.1 Å². The van der Waals surface area contributed by atoms with Crippen LogP contribution in [0.4, 0.5) is 5.69 Å². The van der Waals surface area contributed by atoms with E-state index in [1.807, 2.05) is 0 Å². The zero-order valence-corrected chi connectivity index (χ0v) is 45.7. The van der Waals surface area contributed by atoms with Crippen molar-refractivity contribution in [2.45, 2.75) is 57.6 Å². The summed E-state index contributed by atoms with van der Waals surface area (Å²) in [5, 5.41) is 2.65. The highest BCUT2D eigenvalue weighted by molar-refractivity contribution is 7.87. The highest BCUT2D eigenvalue weighted by Gasteiger charge is 2.23. The summed E-state index contributed by atoms with van der Waals surface area (Å²) in [5.74, 6) is -1.79. The van der Waals surface area contributed by atoms with Gasteiger partial charge in [-0.15, -0.1) is 0 Å². The molecular weight excluding hydrogens is 1030 g/mol. The Morgan fingerprint density at radius 3 is 1.29 bits per heavy atom. The number of hydrogen-bond acceptors (Lipinski definition) is 18. The van der Waals surface area contributed by atoms with Gasteiger partial charge in [0.2, 0.25) is 0 Å². The Morgan fingerprint density at radius 1 is 0.487 bits per heavy atom. The van der Waals surface area contributed by atoms with Crippen LogP contribution in [0.1, 0.15) is 92.6 Å². The standard InChI is InChI=1S/C29H48O11.C25H25NO8S2/c1-3-9-32-10-11-33-12-13-34-14-15-35-16-17-36-18-19-37-20-21-38-22-23-39-24-25-40-29(31)27-7-5-26(6-8-27)28(30)4-2;1-4-23(27)17-6-8-18(9-7-17)25(28)26-20-10-12-21(19(14-20)15-35(29,30)31)22-11-5-16(2)13-24(22)36(32,33)34-3/h5-8H,3-4,9-25H2,1-2H3;5-14H,4,15H2,1-3H3,(H,26,28)(H,29,30,31). The number of carbonyl (C=O) groups is 4. The topological polar surface area (TPSA) is 261 Å². The number of carbonyl (C=O) groups excluding carboxylic acids is 4. The summed E-state index contributed by atoms with van der Waals surface area (Å²) >= 11 is 0. The van der Waals surface area contributed by atoms with Crippen molar-refractivity contribution in [3.05, 3.63) is 118 Å². The van der Waals surface area contributed by atoms with Crippen molar-refractivity contribution >= 4 is 49.4 Å². The minimum atomic E-state index is -4.51. The molecule has 0 aliphatic heterocycles. The Balaban J connectivity index is 0.000000402. The number of benzene rings is 4. The fraction of sp³-hybridized carbons (Fsp3) is 0.481. The van der Waals surface area contributed by atoms with Gasteiger partial charge < -0.3 is 47.9 Å². The van der Waals surface area contributed by atoms with Crippen LogP contribution in [-0.2, 0) is 72.8 Å². The third kappa shape index (κ3) is 25.7. The van der Waals surface area contributed by atoms with Crippen LogP contribution in [0.15, 0.2) is 89.8 Å². The first kappa shape index (κ1) is 64.9. The van der Waals surface area contributed by atoms with Crippen LogP contribution in [0.25, 0.3) is 11.1 Å². The highest BCUT2D eigenvalue weighted by atomic mass is 32.2. The molecule has 0 aliphatic rings. The largest absolute Gasteiger partial charge is 0.460 e. The van der Waals surface area contributed by atoms with Crippen LogP contribution in [0.2, 0.25) is 0 Å². The van der Waals surface area contributed by atoms with Crippen molar-refractivity contribution in [3.63, 3.8) is 0 Å². The molecule has 0 fully saturated rings. The average Bonchev–Trinajstić information content (AvgIpc) is 3.41. The monoisotopic (exact) mass is 1100 g/mol. The molecule has 0 spiro atoms. The number of hydrogen-bond donors (Lipinski definition) is 2. The number of ketones is 2. The summed E-state index contributed by atoms with van der Waals surface area (Å²) in [5.41, 5.74) is 3.07. The Morgan fingerprint density at radius 2 is 0.882 bits per heavy atom. The van der Waals surface area contributed by atoms with Gasteiger partial charge in [-0.2, -0.15) is 16.8 Å². The first-order valence-corrected chi connectivity index (χ1v) is 27.9. The van der Waals surface area contributed by atoms with Gasteiger partial charge in [0.25, 0.3) is 26.1 Å². The summed E-state index contributed by atoms with van der Waals surface area (Å²) in [7, 11) is -7.63. The summed E-state index contributed by atoms with van der Waals surface area (Å²) < 4.78 is 111. The lowest BCUT2D eigenvalue weighted by Crippen LogP contribution is -2.15. The SMILES string of the molecule is CCC(=O)c1ccc(C(=O)Nc2ccc(-c3ccc(C)cc3S(=O)(=O)OC)c(CS(=O)(=O)O)c2)cc1.CCCOCCOCCOCCOCCOCCOCCOCCOCCOC(=O)c1ccc(C(=O)CC)cc1. The predicted molar refractivity (Wildman–Crippen MR) is 283 cm³/mol. The third-order valence-corrected chi connectivity index (χ3v) is 12.6. The fourth-order valence-corrected chi connectivity index (χ4v) is 8.26. The van der Waals surface area contributed by atoms with E-state index in [2.05, 4.69) is 16.4 Å². The van der Waals surface area contributed by atoms with E-state index in [0.29, 0.717) is 128 Å². The maximum atomic E-state index is 12.7. The fourth-order valence-electron chi connectivity index (χ4n) is 6.67. The van der Waals surface area contributed by atoms with Gasteiger partial charge in [-0.05, 0) is 72.5 Å². The number of Topliss-reactive ketones (excluding diaryl/α,β-unsaturated/α-hetero) is 2. The molecule has 20 nitrogen and oxygen atoms in total. The number of ether oxygens (including phenoxy) is 9. The van der Waals surface area contributed by atoms with Crippen molar-refractivity contribution in [1.82, 2.24) is 0 Å². The average molecular weight is 1100 g/mol. The first-order chi connectivity index (χ1) is 36.5. The molecule has 0 unspecified atom stereocenters. The number of nitrogens with one attached hydrogen (secondary N) is 1. The summed E-state index contributed by atoms with van der Waals surface area (Å²) in [6.07, 6.45) is 1.78. The molecule has 76 heavy (non-hydrogen) atoms. The molecule has 1 amide bonds. The van der Waals surface area contributed by atoms with E-state index in [1.54, 1.807) is 63.2 Å². The number of rotatable bonds is 38. The van der Waals surface area contributed by atoms with Crippen LogP contribution in [-0.4, -0.2) is 164 Å². The number of anilines is 1. The molecule has 0 radical (unpaired) electrons. The summed E-state index contributed by atoms with van der Waals surface area (Å²) in [6, 6.07) is 21.4. The van der Waals surface area contributed by atoms with Crippen molar-refractivity contribution in [2.75, 3.05) is 125 Å². The molecular formula is C54H73NO19S2. The van der Waals surface area contributed by atoms with Crippen LogP contribution >= 0.6 is 0 Å². The van der Waals surface area contributed by atoms with Gasteiger partial charge in [0.1, 0.15) is 17.3 Å². The van der Waals surface area contributed by atoms with Gasteiger partial charge in [-0.25, -0.2) is 4.79 Å². The molecule has 4 aromatic carbocycles. The molecule has 0 atom stereocenters. The number of aryl methyl sites for hydroxylation is 1. The first-order valence-electron chi connectivity index (χ1n) is 24.9. The van der Waals surface area contributed by atoms with Crippen molar-refractivity contribution in [3.8, 4) is 11.1 Å². The lowest BCUT2D eigenvalue weighted by Gasteiger charge is -2.16. The zero-order valence-electron chi connectivity index (χ0n) is 44.0. The van der Waals surface area contributed by atoms with E-state index < -0.39 is 37.9 Å². The van der Waals surface area contributed by atoms with Crippen LogP contribution < -0.4 is 5.32 Å². The van der Waals surface area contributed by atoms with Crippen molar-refractivity contribution in [1.29, 1.82) is 0 Å². The van der Waals surface area contributed by atoms with E-state index in [4.69, 9.17) is 42.6 Å². The van der Waals surface area contributed by atoms with Crippen LogP contribution in [0.5, 0.6) is 0 Å². The second-order valence-corrected chi connectivity index (χ2v) is 19.5. The molecule has 4 aromatic rings. The second-order valence-electron chi connectivity index (χ2n) is 16.4. The smallest absolute Gasteiger partial charge is 0.338 e. The Labute approximate surface area is 446 Å². The van der Waals surface area contributed by atoms with Crippen molar-refractivity contribution in [2.24, 2.45) is 0 Å². The Bertz CT molecular complexity index is 2590. The van der Waals surface area contributed by atoms with Crippen LogP contribution in [0.3, 0.4) is 0 Å². The Kier molecular flexibility index (Phi) is 31.3. The quantitative estimate of drug-likeness (QED) is 0.0148. The summed E-state index contributed by atoms with van der Waals surface area (Å²) in [4.78, 5) is 48.0. The van der Waals surface area contributed by atoms with Crippen LogP contribution in [0, 0.1) is 6.92 Å². The minimum absolute atomic E-state index is 0.0357. The van der Waals surface area contributed by atoms with Gasteiger partial charge >= 0.3 is 5.97 Å². The van der Waals surface area contributed by atoms with E-state index in [1.165, 1.54) is 42.5 Å². The number of esters is 1. The van der Waals surface area contributed by atoms with Gasteiger partial charge in [-0.1, -0.05) is 63.2 Å². The van der Waals surface area contributed by atoms with Gasteiger partial charge in [0.15, 0.2) is 11.6 Å². The normalized spacial score (nSPS) is 11.4. The molecule has 22 heteroatoms. The number of amides is 1. The third-order valence-electron chi connectivity index (χ3n) is 10.6. The predicted octanol–water partition coefficient (Wildman–Crippen LogP) is 7.21. The highest BCUT2D eigenvalue weighted by Crippen LogP contribution is 2.34. The van der Waals surface area contributed by atoms with E-state index in [-0.39, 0.29) is 57.6 Å². The molecule has 0 heterocycles. The molecule has 2 N–H and O–H groups in total.